The van der Waals surface area contributed by atoms with Crippen LogP contribution in [-0.4, -0.2) is 35.7 Å². The molecule has 0 aliphatic carbocycles. The zero-order chi connectivity index (χ0) is 16.4. The fraction of sp³-hybridized carbons (Fsp3) is 0.200. The number of hydrogen-bond donors (Lipinski definition) is 1. The zero-order valence-corrected chi connectivity index (χ0v) is 13.1. The summed E-state index contributed by atoms with van der Waals surface area (Å²) >= 11 is 1.29. The Bertz CT molecular complexity index is 773. The molecule has 0 bridgehead atoms. The van der Waals surface area contributed by atoms with E-state index in [9.17, 15) is 14.4 Å². The second-order valence-corrected chi connectivity index (χ2v) is 5.79. The summed E-state index contributed by atoms with van der Waals surface area (Å²) in [5, 5.41) is 4.83. The minimum Gasteiger partial charge on any atom is -0.482 e. The van der Waals surface area contributed by atoms with Crippen LogP contribution in [-0.2, 0) is 9.59 Å². The maximum absolute atomic E-state index is 12.1. The quantitative estimate of drug-likeness (QED) is 0.862. The summed E-state index contributed by atoms with van der Waals surface area (Å²) in [5.74, 6) is -0.364. The summed E-state index contributed by atoms with van der Waals surface area (Å²) < 4.78 is 5.34. The Morgan fingerprint density at radius 2 is 2.26 bits per heavy atom. The van der Waals surface area contributed by atoms with Crippen LogP contribution in [0.25, 0.3) is 0 Å². The molecule has 0 atom stereocenters. The van der Waals surface area contributed by atoms with Gasteiger partial charge in [0.2, 0.25) is 5.91 Å². The number of ether oxygens (including phenoxy) is 1. The van der Waals surface area contributed by atoms with Crippen molar-refractivity contribution in [2.45, 2.75) is 6.92 Å². The van der Waals surface area contributed by atoms with Crippen LogP contribution >= 0.6 is 11.3 Å². The van der Waals surface area contributed by atoms with Crippen LogP contribution in [0.4, 0.5) is 10.8 Å². The number of thiazole rings is 1. The maximum Gasteiger partial charge on any atom is 0.265 e. The number of ketones is 1. The van der Waals surface area contributed by atoms with Crippen molar-refractivity contribution in [2.75, 3.05) is 23.4 Å². The number of nitrogens with one attached hydrogen (secondary N) is 1. The van der Waals surface area contributed by atoms with E-state index in [1.807, 2.05) is 0 Å². The normalized spacial score (nSPS) is 13.3. The average Bonchev–Trinajstić information content (AvgIpc) is 3.02. The summed E-state index contributed by atoms with van der Waals surface area (Å²) in [6, 6.07) is 4.82. The van der Waals surface area contributed by atoms with Crippen LogP contribution in [0.5, 0.6) is 5.75 Å². The number of carbonyl (C=O) groups excluding carboxylic acids is 3. The van der Waals surface area contributed by atoms with Gasteiger partial charge in [0, 0.05) is 17.1 Å². The number of nitrogens with zero attached hydrogens (tertiary/aromatic N) is 2. The molecule has 1 aliphatic heterocycles. The van der Waals surface area contributed by atoms with E-state index >= 15 is 0 Å². The highest BCUT2D eigenvalue weighted by atomic mass is 32.1. The molecule has 0 saturated heterocycles. The number of hydrogen-bond acceptors (Lipinski definition) is 6. The summed E-state index contributed by atoms with van der Waals surface area (Å²) in [6.07, 6.45) is 1.58. The Morgan fingerprint density at radius 1 is 1.43 bits per heavy atom. The Labute approximate surface area is 135 Å². The van der Waals surface area contributed by atoms with Gasteiger partial charge in [-0.25, -0.2) is 4.98 Å². The lowest BCUT2D eigenvalue weighted by Gasteiger charge is -2.29. The third-order valence-corrected chi connectivity index (χ3v) is 3.98. The predicted octanol–water partition coefficient (Wildman–Crippen LogP) is 1.71. The first-order chi connectivity index (χ1) is 11.0. The minimum atomic E-state index is -0.366. The standard InChI is InChI=1S/C15H13N3O4S/c1-9(19)10-2-3-12-11(6-10)18(14(21)8-22-12)7-13(20)17-15-16-4-5-23-15/h2-6H,7-8H2,1H3,(H,16,17,20). The van der Waals surface area contributed by atoms with Crippen LogP contribution in [0, 0.1) is 0 Å². The van der Waals surface area contributed by atoms with E-state index in [-0.39, 0.29) is 30.7 Å². The number of rotatable bonds is 4. The molecule has 2 amide bonds. The van der Waals surface area contributed by atoms with E-state index < -0.39 is 0 Å². The van der Waals surface area contributed by atoms with Crippen LogP contribution in [0.3, 0.4) is 0 Å². The number of benzene rings is 1. The number of fused-ring (bicyclic) bond motifs is 1. The Balaban J connectivity index is 1.84. The van der Waals surface area contributed by atoms with Gasteiger partial charge in [0.15, 0.2) is 17.5 Å². The van der Waals surface area contributed by atoms with Gasteiger partial charge >= 0.3 is 0 Å². The van der Waals surface area contributed by atoms with Gasteiger partial charge < -0.3 is 10.1 Å². The van der Waals surface area contributed by atoms with Crippen LogP contribution < -0.4 is 15.0 Å². The summed E-state index contributed by atoms with van der Waals surface area (Å²) in [7, 11) is 0. The van der Waals surface area contributed by atoms with E-state index in [0.29, 0.717) is 22.1 Å². The number of Topliss-reactive ketones (excluding diaryl/α,β-unsaturated/α-hetero) is 1. The first-order valence-corrected chi connectivity index (χ1v) is 7.70. The molecule has 2 aromatic rings. The first-order valence-electron chi connectivity index (χ1n) is 6.82. The molecule has 1 aromatic carbocycles. The van der Waals surface area contributed by atoms with E-state index in [1.165, 1.54) is 23.2 Å². The number of aromatic nitrogens is 1. The first kappa shape index (κ1) is 15.2. The highest BCUT2D eigenvalue weighted by Gasteiger charge is 2.28. The SMILES string of the molecule is CC(=O)c1ccc2c(c1)N(CC(=O)Nc1nccs1)C(=O)CO2. The van der Waals surface area contributed by atoms with Crippen molar-refractivity contribution in [1.82, 2.24) is 4.98 Å². The smallest absolute Gasteiger partial charge is 0.265 e. The molecule has 3 rings (SSSR count). The Hall–Kier alpha value is -2.74. The van der Waals surface area contributed by atoms with Crippen LogP contribution in [0.1, 0.15) is 17.3 Å². The number of anilines is 2. The molecule has 0 saturated carbocycles. The van der Waals surface area contributed by atoms with Crippen molar-refractivity contribution in [2.24, 2.45) is 0 Å². The monoisotopic (exact) mass is 331 g/mol. The number of amides is 2. The Kier molecular flexibility index (Phi) is 4.07. The fourth-order valence-corrected chi connectivity index (χ4v) is 2.73. The third-order valence-electron chi connectivity index (χ3n) is 3.29. The van der Waals surface area contributed by atoms with E-state index in [2.05, 4.69) is 10.3 Å². The largest absolute Gasteiger partial charge is 0.482 e. The van der Waals surface area contributed by atoms with Gasteiger partial charge in [-0.2, -0.15) is 0 Å². The van der Waals surface area contributed by atoms with Gasteiger partial charge in [-0.05, 0) is 25.1 Å². The molecular formula is C15H13N3O4S. The fourth-order valence-electron chi connectivity index (χ4n) is 2.18. The summed E-state index contributed by atoms with van der Waals surface area (Å²) in [5.41, 5.74) is 0.871. The Morgan fingerprint density at radius 3 is 2.96 bits per heavy atom. The predicted molar refractivity (Wildman–Crippen MR) is 85.0 cm³/mol. The molecule has 0 spiro atoms. The summed E-state index contributed by atoms with van der Waals surface area (Å²) in [6.45, 7) is 1.12. The molecule has 0 radical (unpaired) electrons. The van der Waals surface area contributed by atoms with Gasteiger partial charge in [0.1, 0.15) is 12.3 Å². The van der Waals surface area contributed by atoms with E-state index in [0.717, 1.165) is 0 Å². The molecule has 1 aliphatic rings. The maximum atomic E-state index is 12.1. The topological polar surface area (TPSA) is 88.6 Å². The van der Waals surface area contributed by atoms with Crippen LogP contribution in [0.15, 0.2) is 29.8 Å². The highest BCUT2D eigenvalue weighted by molar-refractivity contribution is 7.13. The number of carbonyl (C=O) groups is 3. The van der Waals surface area contributed by atoms with Gasteiger partial charge in [0.05, 0.1) is 5.69 Å². The van der Waals surface area contributed by atoms with Gasteiger partial charge in [-0.15, -0.1) is 11.3 Å². The molecule has 0 unspecified atom stereocenters. The molecular weight excluding hydrogens is 318 g/mol. The minimum absolute atomic E-state index is 0.127. The van der Waals surface area contributed by atoms with E-state index in [1.54, 1.807) is 29.8 Å². The van der Waals surface area contributed by atoms with E-state index in [4.69, 9.17) is 4.74 Å². The lowest BCUT2D eigenvalue weighted by molar-refractivity contribution is -0.123. The van der Waals surface area contributed by atoms with Crippen molar-refractivity contribution in [3.8, 4) is 5.75 Å². The van der Waals surface area contributed by atoms with Crippen molar-refractivity contribution in [3.05, 3.63) is 35.3 Å². The van der Waals surface area contributed by atoms with Crippen molar-refractivity contribution >= 4 is 39.8 Å². The molecule has 1 aromatic heterocycles. The second-order valence-electron chi connectivity index (χ2n) is 4.89. The molecule has 23 heavy (non-hydrogen) atoms. The molecule has 2 heterocycles. The molecule has 0 fully saturated rings. The van der Waals surface area contributed by atoms with Crippen molar-refractivity contribution < 1.29 is 19.1 Å². The molecule has 7 nitrogen and oxygen atoms in total. The molecule has 8 heteroatoms. The zero-order valence-electron chi connectivity index (χ0n) is 12.2. The van der Waals surface area contributed by atoms with Gasteiger partial charge in [0.25, 0.3) is 5.91 Å². The second kappa shape index (κ2) is 6.17. The van der Waals surface area contributed by atoms with Gasteiger partial charge in [-0.1, -0.05) is 0 Å². The van der Waals surface area contributed by atoms with Gasteiger partial charge in [-0.3, -0.25) is 19.3 Å². The molecule has 118 valence electrons. The third kappa shape index (κ3) is 3.21. The lowest BCUT2D eigenvalue weighted by atomic mass is 10.1. The van der Waals surface area contributed by atoms with Crippen LogP contribution in [0.2, 0.25) is 0 Å². The average molecular weight is 331 g/mol. The van der Waals surface area contributed by atoms with Crippen molar-refractivity contribution in [1.29, 1.82) is 0 Å². The van der Waals surface area contributed by atoms with Crippen molar-refractivity contribution in [3.63, 3.8) is 0 Å². The molecule has 1 N–H and O–H groups in total. The summed E-state index contributed by atoms with van der Waals surface area (Å²) in [4.78, 5) is 41.0. The lowest BCUT2D eigenvalue weighted by Crippen LogP contribution is -2.43. The highest BCUT2D eigenvalue weighted by Crippen LogP contribution is 2.33.